The Morgan fingerprint density at radius 1 is 0.882 bits per heavy atom. The van der Waals surface area contributed by atoms with Crippen molar-refractivity contribution in [3.05, 3.63) is 0 Å². The van der Waals surface area contributed by atoms with Gasteiger partial charge in [-0.15, -0.1) is 0 Å². The normalized spacial score (nSPS) is 63.1. The third kappa shape index (κ3) is 1.10. The van der Waals surface area contributed by atoms with Crippen molar-refractivity contribution in [2.24, 2.45) is 53.3 Å². The Balaban J connectivity index is 1.68. The highest BCUT2D eigenvalue weighted by Gasteiger charge is 2.66. The molecule has 4 rings (SSSR count). The largest absolute Gasteiger partial charge is 0.300 e. The Morgan fingerprint density at radius 2 is 1.53 bits per heavy atom. The van der Waals surface area contributed by atoms with Crippen LogP contribution in [0.1, 0.15) is 40.0 Å². The molecule has 1 nitrogen and oxygen atoms in total. The summed E-state index contributed by atoms with van der Waals surface area (Å²) < 4.78 is 0. The number of fused-ring (bicyclic) bond motifs is 9. The second-order valence-electron chi connectivity index (χ2n) is 7.55. The van der Waals surface area contributed by atoms with Gasteiger partial charge in [0.25, 0.3) is 0 Å². The first kappa shape index (κ1) is 10.6. The lowest BCUT2D eigenvalue weighted by Crippen LogP contribution is -2.40. The van der Waals surface area contributed by atoms with E-state index in [1.54, 1.807) is 0 Å². The van der Waals surface area contributed by atoms with Crippen molar-refractivity contribution in [1.29, 1.82) is 0 Å². The second-order valence-corrected chi connectivity index (χ2v) is 7.55. The van der Waals surface area contributed by atoms with Crippen LogP contribution in [-0.4, -0.2) is 5.78 Å². The number of rotatable bonds is 1. The van der Waals surface area contributed by atoms with Crippen LogP contribution in [-0.2, 0) is 4.79 Å². The Bertz CT molecular complexity index is 374. The smallest absolute Gasteiger partial charge is 0.133 e. The van der Waals surface area contributed by atoms with Crippen molar-refractivity contribution < 1.29 is 4.79 Å². The van der Waals surface area contributed by atoms with Crippen LogP contribution in [0.4, 0.5) is 0 Å². The highest BCUT2D eigenvalue weighted by molar-refractivity contribution is 5.79. The molecule has 0 heterocycles. The molecule has 0 radical (unpaired) electrons. The minimum atomic E-state index is 0.447. The van der Waals surface area contributed by atoms with Gasteiger partial charge in [-0.3, -0.25) is 4.79 Å². The minimum Gasteiger partial charge on any atom is -0.300 e. The number of hydrogen-bond acceptors (Lipinski definition) is 1. The van der Waals surface area contributed by atoms with E-state index >= 15 is 0 Å². The number of hydrogen-bond donors (Lipinski definition) is 0. The van der Waals surface area contributed by atoms with Gasteiger partial charge in [0.2, 0.25) is 0 Å². The lowest BCUT2D eigenvalue weighted by atomic mass is 9.62. The summed E-state index contributed by atoms with van der Waals surface area (Å²) in [6.07, 6.45) is 4.13. The van der Waals surface area contributed by atoms with Crippen LogP contribution in [0.5, 0.6) is 0 Å². The van der Waals surface area contributed by atoms with E-state index in [2.05, 4.69) is 13.8 Å². The third-order valence-electron chi connectivity index (χ3n) is 7.37. The topological polar surface area (TPSA) is 17.1 Å². The van der Waals surface area contributed by atoms with Crippen LogP contribution < -0.4 is 0 Å². The third-order valence-corrected chi connectivity index (χ3v) is 7.37. The lowest BCUT2D eigenvalue weighted by Gasteiger charge is -2.43. The van der Waals surface area contributed by atoms with Gasteiger partial charge in [-0.05, 0) is 73.5 Å². The molecule has 94 valence electrons. The van der Waals surface area contributed by atoms with E-state index in [-0.39, 0.29) is 0 Å². The van der Waals surface area contributed by atoms with E-state index in [1.165, 1.54) is 19.3 Å². The minimum absolute atomic E-state index is 0.447. The summed E-state index contributed by atoms with van der Waals surface area (Å²) in [6.45, 7) is 6.79. The summed E-state index contributed by atoms with van der Waals surface area (Å²) in [4.78, 5) is 11.8. The average molecular weight is 232 g/mol. The number of carbonyl (C=O) groups excluding carboxylic acids is 1. The van der Waals surface area contributed by atoms with Gasteiger partial charge in [0, 0.05) is 5.92 Å². The van der Waals surface area contributed by atoms with Gasteiger partial charge in [0.1, 0.15) is 5.78 Å². The van der Waals surface area contributed by atoms with Crippen molar-refractivity contribution >= 4 is 5.78 Å². The van der Waals surface area contributed by atoms with Crippen molar-refractivity contribution in [1.82, 2.24) is 0 Å². The maximum Gasteiger partial charge on any atom is 0.133 e. The highest BCUT2D eigenvalue weighted by Crippen LogP contribution is 2.71. The molecule has 9 unspecified atom stereocenters. The highest BCUT2D eigenvalue weighted by atomic mass is 16.1. The van der Waals surface area contributed by atoms with Gasteiger partial charge < -0.3 is 0 Å². The molecule has 0 aromatic carbocycles. The molecular weight excluding hydrogens is 208 g/mol. The summed E-state index contributed by atoms with van der Waals surface area (Å²) in [5, 5.41) is 0. The van der Waals surface area contributed by atoms with Crippen LogP contribution in [0, 0.1) is 53.3 Å². The Hall–Kier alpha value is -0.330. The molecule has 4 saturated carbocycles. The van der Waals surface area contributed by atoms with Crippen molar-refractivity contribution in [2.75, 3.05) is 0 Å². The van der Waals surface area contributed by atoms with Crippen LogP contribution >= 0.6 is 0 Å². The van der Waals surface area contributed by atoms with Crippen LogP contribution in [0.3, 0.4) is 0 Å². The van der Waals surface area contributed by atoms with Crippen LogP contribution in [0.2, 0.25) is 0 Å². The molecule has 4 aliphatic rings. The van der Waals surface area contributed by atoms with Gasteiger partial charge in [-0.1, -0.05) is 13.8 Å². The van der Waals surface area contributed by atoms with E-state index in [9.17, 15) is 4.79 Å². The molecule has 0 spiro atoms. The summed E-state index contributed by atoms with van der Waals surface area (Å²) in [7, 11) is 0. The summed E-state index contributed by atoms with van der Waals surface area (Å²) in [5.74, 6) is 8.47. The second kappa shape index (κ2) is 3.16. The predicted octanol–water partition coefficient (Wildman–Crippen LogP) is 3.39. The van der Waals surface area contributed by atoms with Gasteiger partial charge in [0.15, 0.2) is 0 Å². The first-order chi connectivity index (χ1) is 8.09. The van der Waals surface area contributed by atoms with E-state index in [0.29, 0.717) is 11.7 Å². The molecule has 0 amide bonds. The maximum absolute atomic E-state index is 11.8. The molecule has 0 aliphatic heterocycles. The van der Waals surface area contributed by atoms with E-state index in [4.69, 9.17) is 0 Å². The Kier molecular flexibility index (Phi) is 1.97. The Labute approximate surface area is 104 Å². The molecule has 1 heteroatoms. The summed E-state index contributed by atoms with van der Waals surface area (Å²) in [6, 6.07) is 0. The zero-order valence-electron chi connectivity index (χ0n) is 11.2. The van der Waals surface area contributed by atoms with Crippen molar-refractivity contribution in [3.63, 3.8) is 0 Å². The van der Waals surface area contributed by atoms with Crippen molar-refractivity contribution in [2.45, 2.75) is 40.0 Å². The number of ketones is 1. The predicted molar refractivity (Wildman–Crippen MR) is 67.3 cm³/mol. The van der Waals surface area contributed by atoms with Crippen LogP contribution in [0.15, 0.2) is 0 Å². The quantitative estimate of drug-likeness (QED) is 0.633. The monoisotopic (exact) mass is 232 g/mol. The van der Waals surface area contributed by atoms with Gasteiger partial charge in [-0.25, -0.2) is 0 Å². The first-order valence-corrected chi connectivity index (χ1v) is 7.60. The molecule has 0 N–H and O–H groups in total. The summed E-state index contributed by atoms with van der Waals surface area (Å²) >= 11 is 0. The zero-order chi connectivity index (χ0) is 11.9. The van der Waals surface area contributed by atoms with E-state index in [1.807, 2.05) is 6.92 Å². The molecule has 4 fully saturated rings. The molecule has 9 atom stereocenters. The van der Waals surface area contributed by atoms with Crippen molar-refractivity contribution in [3.8, 4) is 0 Å². The molecule has 0 aromatic heterocycles. The van der Waals surface area contributed by atoms with E-state index in [0.717, 1.165) is 47.3 Å². The SMILES string of the molecule is CC(=O)C1CC2CC1C1C3CC(C(C)C3C)C21. The standard InChI is InChI=1S/C16H24O/c1-7-8(2)12-6-11(7)15-10-4-13(9(3)17)14(5-10)16(12)15/h7-8,10-16H,4-6H2,1-3H3. The van der Waals surface area contributed by atoms with Crippen LogP contribution in [0.25, 0.3) is 0 Å². The Morgan fingerprint density at radius 3 is 2.18 bits per heavy atom. The first-order valence-electron chi connectivity index (χ1n) is 7.60. The molecular formula is C16H24O. The number of carbonyl (C=O) groups is 1. The zero-order valence-corrected chi connectivity index (χ0v) is 11.2. The molecule has 0 saturated heterocycles. The fourth-order valence-corrected chi connectivity index (χ4v) is 6.69. The number of Topliss-reactive ketones (excluding diaryl/α,β-unsaturated/α-hetero) is 1. The maximum atomic E-state index is 11.8. The van der Waals surface area contributed by atoms with Gasteiger partial charge in [-0.2, -0.15) is 0 Å². The van der Waals surface area contributed by atoms with Gasteiger partial charge >= 0.3 is 0 Å². The summed E-state index contributed by atoms with van der Waals surface area (Å²) in [5.41, 5.74) is 0. The molecule has 17 heavy (non-hydrogen) atoms. The molecule has 4 aliphatic carbocycles. The average Bonchev–Trinajstić information content (AvgIpc) is 2.98. The fraction of sp³-hybridized carbons (Fsp3) is 0.938. The lowest BCUT2D eigenvalue weighted by molar-refractivity contribution is -0.124. The molecule has 0 aromatic rings. The van der Waals surface area contributed by atoms with E-state index < -0.39 is 0 Å². The fourth-order valence-electron chi connectivity index (χ4n) is 6.69. The molecule has 4 bridgehead atoms. The van der Waals surface area contributed by atoms with Gasteiger partial charge in [0.05, 0.1) is 0 Å².